The molecule has 1 aliphatic rings. The average Bonchev–Trinajstić information content (AvgIpc) is 2.88. The van der Waals surface area contributed by atoms with Crippen LogP contribution in [0.2, 0.25) is 0 Å². The molecule has 4 N–H and O–H groups in total. The standard InChI is InChI=1S/C26H32N6O2/c1-3-18(2)24(25(27)33)29-20-6-4-19(5-7-20)23-12-13-28-26(31-23)30-21-8-10-22(11-9-21)32-14-16-34-17-15-32/h4-13,18,24,29H,3,14-17H2,1-2H3,(H2,27,33)(H,28,30,31)/t18-,24+/m1/s1. The second kappa shape index (κ2) is 11.0. The number of nitrogens with two attached hydrogens (primary N) is 1. The number of carbonyl (C=O) groups excluding carboxylic acids is 1. The van der Waals surface area contributed by atoms with Crippen molar-refractivity contribution in [1.29, 1.82) is 0 Å². The first kappa shape index (κ1) is 23.5. The number of primary amides is 1. The van der Waals surface area contributed by atoms with E-state index < -0.39 is 6.04 Å². The number of rotatable bonds is 9. The topological polar surface area (TPSA) is 105 Å². The molecule has 34 heavy (non-hydrogen) atoms. The van der Waals surface area contributed by atoms with Crippen LogP contribution in [0.5, 0.6) is 0 Å². The van der Waals surface area contributed by atoms with Crippen LogP contribution < -0.4 is 21.3 Å². The van der Waals surface area contributed by atoms with E-state index in [0.29, 0.717) is 5.95 Å². The normalized spacial score (nSPS) is 15.4. The van der Waals surface area contributed by atoms with Gasteiger partial charge < -0.3 is 26.0 Å². The average molecular weight is 461 g/mol. The number of anilines is 4. The van der Waals surface area contributed by atoms with Crippen LogP contribution in [0.25, 0.3) is 11.3 Å². The van der Waals surface area contributed by atoms with Gasteiger partial charge in [0.2, 0.25) is 11.9 Å². The molecule has 1 aromatic heterocycles. The maximum atomic E-state index is 11.8. The van der Waals surface area contributed by atoms with Crippen LogP contribution in [0.15, 0.2) is 60.8 Å². The van der Waals surface area contributed by atoms with Gasteiger partial charge >= 0.3 is 0 Å². The van der Waals surface area contributed by atoms with E-state index in [2.05, 4.69) is 37.6 Å². The van der Waals surface area contributed by atoms with Gasteiger partial charge in [-0.05, 0) is 48.4 Å². The van der Waals surface area contributed by atoms with Gasteiger partial charge in [-0.25, -0.2) is 9.97 Å². The number of hydrogen-bond acceptors (Lipinski definition) is 7. The summed E-state index contributed by atoms with van der Waals surface area (Å²) in [7, 11) is 0. The van der Waals surface area contributed by atoms with Crippen molar-refractivity contribution in [3.63, 3.8) is 0 Å². The van der Waals surface area contributed by atoms with Gasteiger partial charge in [0.1, 0.15) is 6.04 Å². The van der Waals surface area contributed by atoms with Gasteiger partial charge in [0.05, 0.1) is 18.9 Å². The SMILES string of the molecule is CC[C@@H](C)[C@H](Nc1ccc(-c2ccnc(Nc3ccc(N4CCOCC4)cc3)n2)cc1)C(N)=O. The minimum atomic E-state index is -0.402. The number of ether oxygens (including phenoxy) is 1. The summed E-state index contributed by atoms with van der Waals surface area (Å²) < 4.78 is 5.43. The second-order valence-corrected chi connectivity index (χ2v) is 8.52. The van der Waals surface area contributed by atoms with Gasteiger partial charge in [-0.15, -0.1) is 0 Å². The third-order valence-electron chi connectivity index (χ3n) is 6.18. The van der Waals surface area contributed by atoms with Crippen LogP contribution in [0.4, 0.5) is 23.0 Å². The molecule has 2 atom stereocenters. The number of benzene rings is 2. The number of hydrogen-bond donors (Lipinski definition) is 3. The van der Waals surface area contributed by atoms with E-state index in [1.54, 1.807) is 6.20 Å². The fourth-order valence-corrected chi connectivity index (χ4v) is 3.93. The molecule has 0 spiro atoms. The molecule has 1 saturated heterocycles. The van der Waals surface area contributed by atoms with Gasteiger partial charge in [0, 0.05) is 41.9 Å². The highest BCUT2D eigenvalue weighted by atomic mass is 16.5. The fourth-order valence-electron chi connectivity index (χ4n) is 3.93. The lowest BCUT2D eigenvalue weighted by Crippen LogP contribution is -2.40. The summed E-state index contributed by atoms with van der Waals surface area (Å²) in [6.07, 6.45) is 2.61. The summed E-state index contributed by atoms with van der Waals surface area (Å²) in [6.45, 7) is 7.41. The first-order valence-electron chi connectivity index (χ1n) is 11.7. The van der Waals surface area contributed by atoms with Crippen molar-refractivity contribution in [2.24, 2.45) is 11.7 Å². The molecule has 8 nitrogen and oxygen atoms in total. The molecule has 0 bridgehead atoms. The third kappa shape index (κ3) is 5.82. The maximum Gasteiger partial charge on any atom is 0.240 e. The third-order valence-corrected chi connectivity index (χ3v) is 6.18. The molecule has 4 rings (SSSR count). The molecule has 8 heteroatoms. The van der Waals surface area contributed by atoms with Crippen LogP contribution in [0.1, 0.15) is 20.3 Å². The Bertz CT molecular complexity index is 1080. The maximum absolute atomic E-state index is 11.8. The Balaban J connectivity index is 1.42. The molecule has 0 radical (unpaired) electrons. The highest BCUT2D eigenvalue weighted by molar-refractivity contribution is 5.83. The Morgan fingerprint density at radius 3 is 2.38 bits per heavy atom. The molecule has 178 valence electrons. The van der Waals surface area contributed by atoms with Gasteiger partial charge in [-0.2, -0.15) is 0 Å². The summed E-state index contributed by atoms with van der Waals surface area (Å²) in [5.74, 6) is 0.336. The summed E-state index contributed by atoms with van der Waals surface area (Å²) in [5, 5.41) is 6.53. The van der Waals surface area contributed by atoms with E-state index in [1.807, 2.05) is 56.3 Å². The van der Waals surface area contributed by atoms with Crippen LogP contribution in [-0.4, -0.2) is 48.2 Å². The lowest BCUT2D eigenvalue weighted by Gasteiger charge is -2.28. The van der Waals surface area contributed by atoms with Gasteiger partial charge in [-0.3, -0.25) is 4.79 Å². The summed E-state index contributed by atoms with van der Waals surface area (Å²) in [5.41, 5.74) is 10.3. The summed E-state index contributed by atoms with van der Waals surface area (Å²) in [4.78, 5) is 23.2. The number of nitrogens with zero attached hydrogens (tertiary/aromatic N) is 3. The molecule has 3 aromatic rings. The van der Waals surface area contributed by atoms with E-state index in [-0.39, 0.29) is 11.8 Å². The van der Waals surface area contributed by atoms with Crippen molar-refractivity contribution < 1.29 is 9.53 Å². The Labute approximate surface area is 200 Å². The molecular weight excluding hydrogens is 428 g/mol. The molecule has 2 aromatic carbocycles. The summed E-state index contributed by atoms with van der Waals surface area (Å²) in [6, 6.07) is 17.6. The molecule has 0 aliphatic carbocycles. The van der Waals surface area contributed by atoms with Crippen molar-refractivity contribution >= 4 is 28.9 Å². The van der Waals surface area contributed by atoms with Crippen LogP contribution in [-0.2, 0) is 9.53 Å². The highest BCUT2D eigenvalue weighted by Crippen LogP contribution is 2.24. The number of morpholine rings is 1. The zero-order chi connectivity index (χ0) is 23.9. The van der Waals surface area contributed by atoms with Crippen LogP contribution in [0, 0.1) is 5.92 Å². The quantitative estimate of drug-likeness (QED) is 0.443. The second-order valence-electron chi connectivity index (χ2n) is 8.52. The lowest BCUT2D eigenvalue weighted by atomic mass is 9.98. The van der Waals surface area contributed by atoms with Gasteiger partial charge in [0.25, 0.3) is 0 Å². The highest BCUT2D eigenvalue weighted by Gasteiger charge is 2.21. The van der Waals surface area contributed by atoms with Crippen molar-refractivity contribution in [2.75, 3.05) is 41.8 Å². The van der Waals surface area contributed by atoms with Crippen LogP contribution in [0.3, 0.4) is 0 Å². The molecule has 1 fully saturated rings. The van der Waals surface area contributed by atoms with E-state index in [1.165, 1.54) is 5.69 Å². The molecule has 0 saturated carbocycles. The number of nitrogens with one attached hydrogen (secondary N) is 2. The van der Waals surface area contributed by atoms with Crippen molar-refractivity contribution in [1.82, 2.24) is 9.97 Å². The minimum absolute atomic E-state index is 0.149. The molecule has 1 aliphatic heterocycles. The Morgan fingerprint density at radius 2 is 1.74 bits per heavy atom. The zero-order valence-corrected chi connectivity index (χ0v) is 19.7. The van der Waals surface area contributed by atoms with Crippen molar-refractivity contribution in [3.05, 3.63) is 60.8 Å². The predicted octanol–water partition coefficient (Wildman–Crippen LogP) is 4.04. The largest absolute Gasteiger partial charge is 0.378 e. The monoisotopic (exact) mass is 460 g/mol. The Kier molecular flexibility index (Phi) is 7.59. The van der Waals surface area contributed by atoms with Crippen molar-refractivity contribution in [3.8, 4) is 11.3 Å². The number of amides is 1. The Hall–Kier alpha value is -3.65. The zero-order valence-electron chi connectivity index (χ0n) is 19.7. The lowest BCUT2D eigenvalue weighted by molar-refractivity contribution is -0.119. The number of aromatic nitrogens is 2. The molecule has 2 heterocycles. The first-order valence-corrected chi connectivity index (χ1v) is 11.7. The van der Waals surface area contributed by atoms with Gasteiger partial charge in [0.15, 0.2) is 0 Å². The van der Waals surface area contributed by atoms with Gasteiger partial charge in [-0.1, -0.05) is 32.4 Å². The smallest absolute Gasteiger partial charge is 0.240 e. The molecule has 0 unspecified atom stereocenters. The Morgan fingerprint density at radius 1 is 1.06 bits per heavy atom. The van der Waals surface area contributed by atoms with Crippen LogP contribution >= 0.6 is 0 Å². The van der Waals surface area contributed by atoms with E-state index >= 15 is 0 Å². The predicted molar refractivity (Wildman–Crippen MR) is 136 cm³/mol. The molecule has 1 amide bonds. The van der Waals surface area contributed by atoms with Crippen molar-refractivity contribution in [2.45, 2.75) is 26.3 Å². The van der Waals surface area contributed by atoms with E-state index in [0.717, 1.165) is 55.4 Å². The number of carbonyl (C=O) groups is 1. The fraction of sp³-hybridized carbons (Fsp3) is 0.346. The van der Waals surface area contributed by atoms with E-state index in [4.69, 9.17) is 10.5 Å². The van der Waals surface area contributed by atoms with E-state index in [9.17, 15) is 4.79 Å². The first-order chi connectivity index (χ1) is 16.5. The minimum Gasteiger partial charge on any atom is -0.378 e. The summed E-state index contributed by atoms with van der Waals surface area (Å²) >= 11 is 0. The molecular formula is C26H32N6O2.